The monoisotopic (exact) mass is 412 g/mol. The molecule has 9 heteroatoms. The van der Waals surface area contributed by atoms with Crippen LogP contribution in [0.3, 0.4) is 0 Å². The zero-order valence-electron chi connectivity index (χ0n) is 16.3. The molecule has 2 heterocycles. The van der Waals surface area contributed by atoms with E-state index in [9.17, 15) is 4.79 Å². The molecule has 0 aliphatic carbocycles. The fraction of sp³-hybridized carbons (Fsp3) is 0.941. The molecule has 0 radical (unpaired) electrons. The lowest BCUT2D eigenvalue weighted by Crippen LogP contribution is -2.61. The average molecular weight is 413 g/mol. The van der Waals surface area contributed by atoms with Crippen molar-refractivity contribution in [3.63, 3.8) is 0 Å². The van der Waals surface area contributed by atoms with Gasteiger partial charge in [0, 0.05) is 38.0 Å². The third-order valence-corrected chi connectivity index (χ3v) is 5.34. The van der Waals surface area contributed by atoms with Gasteiger partial charge >= 0.3 is 6.16 Å². The number of nitrogens with zero attached hydrogens (tertiary/aromatic N) is 2. The van der Waals surface area contributed by atoms with Gasteiger partial charge in [-0.15, -0.1) is 0 Å². The Balaban J connectivity index is 2.04. The third-order valence-electron chi connectivity index (χ3n) is 4.80. The van der Waals surface area contributed by atoms with Crippen LogP contribution in [0.5, 0.6) is 0 Å². The summed E-state index contributed by atoms with van der Waals surface area (Å²) in [6.45, 7) is 13.2. The van der Waals surface area contributed by atoms with Crippen molar-refractivity contribution < 1.29 is 23.7 Å². The van der Waals surface area contributed by atoms with Crippen molar-refractivity contribution in [2.45, 2.75) is 76.1 Å². The van der Waals surface area contributed by atoms with Gasteiger partial charge in [-0.05, 0) is 27.7 Å². The second-order valence-corrected chi connectivity index (χ2v) is 8.88. The molecule has 2 aliphatic rings. The second-order valence-electron chi connectivity index (χ2n) is 7.48. The molecule has 6 atom stereocenters. The van der Waals surface area contributed by atoms with Crippen LogP contribution in [0.1, 0.15) is 41.5 Å². The molecule has 152 valence electrons. The van der Waals surface area contributed by atoms with Gasteiger partial charge in [-0.1, -0.05) is 23.2 Å². The Morgan fingerprint density at radius 1 is 0.808 bits per heavy atom. The zero-order valence-corrected chi connectivity index (χ0v) is 17.8. The Kier molecular flexibility index (Phi) is 7.08. The Labute approximate surface area is 165 Å². The summed E-state index contributed by atoms with van der Waals surface area (Å²) in [4.78, 5) is 16.2. The highest BCUT2D eigenvalue weighted by molar-refractivity contribution is 6.23. The van der Waals surface area contributed by atoms with E-state index in [2.05, 4.69) is 0 Å². The highest BCUT2D eigenvalue weighted by Crippen LogP contribution is 2.33. The molecule has 0 spiro atoms. The molecule has 0 aromatic carbocycles. The number of rotatable bonds is 4. The fourth-order valence-electron chi connectivity index (χ4n) is 4.01. The van der Waals surface area contributed by atoms with E-state index in [1.165, 1.54) is 0 Å². The number of carbonyl (C=O) groups is 1. The van der Waals surface area contributed by atoms with Crippen molar-refractivity contribution in [2.75, 3.05) is 26.4 Å². The van der Waals surface area contributed by atoms with Gasteiger partial charge in [-0.25, -0.2) is 14.6 Å². The number of halogens is 2. The minimum absolute atomic E-state index is 0.00396. The molecule has 0 amide bonds. The quantitative estimate of drug-likeness (QED) is 0.399. The summed E-state index contributed by atoms with van der Waals surface area (Å²) in [6, 6.07) is -0.0158. The van der Waals surface area contributed by atoms with Crippen LogP contribution in [0.25, 0.3) is 0 Å². The van der Waals surface area contributed by atoms with Crippen LogP contribution in [-0.4, -0.2) is 76.9 Å². The van der Waals surface area contributed by atoms with Crippen LogP contribution in [-0.2, 0) is 18.9 Å². The van der Waals surface area contributed by atoms with E-state index in [0.29, 0.717) is 26.4 Å². The minimum Gasteiger partial charge on any atom is -0.398 e. The van der Waals surface area contributed by atoms with Gasteiger partial charge in [0.15, 0.2) is 0 Å². The van der Waals surface area contributed by atoms with Gasteiger partial charge in [0.2, 0.25) is 10.4 Å². The topological polar surface area (TPSA) is 60.5 Å². The Hall–Kier alpha value is -0.310. The van der Waals surface area contributed by atoms with Gasteiger partial charge in [-0.2, -0.15) is 0 Å². The van der Waals surface area contributed by atoms with Crippen molar-refractivity contribution in [1.82, 2.24) is 9.80 Å². The molecule has 7 nitrogen and oxygen atoms in total. The summed E-state index contributed by atoms with van der Waals surface area (Å²) in [5, 5.41) is -2.73. The highest BCUT2D eigenvalue weighted by Gasteiger charge is 2.46. The molecular formula is C17H30Cl2N2O5. The molecule has 2 unspecified atom stereocenters. The lowest BCUT2D eigenvalue weighted by molar-refractivity contribution is -0.175. The molecule has 2 aliphatic heterocycles. The van der Waals surface area contributed by atoms with Crippen molar-refractivity contribution in [2.24, 2.45) is 0 Å². The highest BCUT2D eigenvalue weighted by atomic mass is 35.5. The summed E-state index contributed by atoms with van der Waals surface area (Å²) in [5.41, 5.74) is 0. The van der Waals surface area contributed by atoms with Gasteiger partial charge < -0.3 is 18.9 Å². The van der Waals surface area contributed by atoms with Crippen LogP contribution < -0.4 is 0 Å². The number of morpholine rings is 2. The van der Waals surface area contributed by atoms with E-state index in [1.807, 2.05) is 37.5 Å². The largest absolute Gasteiger partial charge is 0.513 e. The Morgan fingerprint density at radius 2 is 1.08 bits per heavy atom. The molecule has 0 aromatic heterocycles. The second kappa shape index (κ2) is 8.37. The number of hydrogen-bond acceptors (Lipinski definition) is 7. The fourth-order valence-corrected chi connectivity index (χ4v) is 4.81. The number of carbonyl (C=O) groups excluding carboxylic acids is 1. The number of ether oxygens (including phenoxy) is 4. The molecule has 2 saturated heterocycles. The minimum atomic E-state index is -1.37. The summed E-state index contributed by atoms with van der Waals surface area (Å²) in [5.74, 6) is 0. The zero-order chi connectivity index (χ0) is 19.7. The van der Waals surface area contributed by atoms with Crippen LogP contribution in [0.2, 0.25) is 0 Å². The van der Waals surface area contributed by atoms with Crippen molar-refractivity contribution in [3.05, 3.63) is 0 Å². The summed E-state index contributed by atoms with van der Waals surface area (Å²) < 4.78 is 21.9. The summed E-state index contributed by atoms with van der Waals surface area (Å²) in [7, 11) is 0. The molecule has 0 bridgehead atoms. The maximum atomic E-state index is 12.5. The van der Waals surface area contributed by atoms with Crippen molar-refractivity contribution in [3.8, 4) is 0 Å². The first-order valence-electron chi connectivity index (χ1n) is 8.98. The maximum Gasteiger partial charge on any atom is 0.513 e. The predicted molar refractivity (Wildman–Crippen MR) is 99.2 cm³/mol. The van der Waals surface area contributed by atoms with Crippen LogP contribution in [0.4, 0.5) is 4.79 Å². The lowest BCUT2D eigenvalue weighted by atomic mass is 10.1. The van der Waals surface area contributed by atoms with Gasteiger partial charge in [0.1, 0.15) is 0 Å². The lowest BCUT2D eigenvalue weighted by Gasteiger charge is -2.47. The first kappa shape index (κ1) is 22.0. The van der Waals surface area contributed by atoms with Crippen LogP contribution in [0.15, 0.2) is 0 Å². The average Bonchev–Trinajstić information content (AvgIpc) is 2.44. The summed E-state index contributed by atoms with van der Waals surface area (Å²) >= 11 is 13.1. The first-order valence-corrected chi connectivity index (χ1v) is 9.73. The van der Waals surface area contributed by atoms with Crippen LogP contribution in [0, 0.1) is 0 Å². The van der Waals surface area contributed by atoms with Gasteiger partial charge in [0.05, 0.1) is 26.4 Å². The van der Waals surface area contributed by atoms with Gasteiger partial charge in [0.25, 0.3) is 0 Å². The SMILES string of the molecule is C[C@@H]1COC[C@H](C)N1C(C)(Cl)OC(=O)OC(C)(Cl)N1[C@H](C)COC[C@@H]1C. The number of alkyl halides is 2. The molecule has 2 rings (SSSR count). The summed E-state index contributed by atoms with van der Waals surface area (Å²) in [6.07, 6.45) is -0.920. The predicted octanol–water partition coefficient (Wildman–Crippen LogP) is 3.18. The molecule has 2 fully saturated rings. The van der Waals surface area contributed by atoms with E-state index in [1.54, 1.807) is 13.8 Å². The molecule has 0 aromatic rings. The third kappa shape index (κ3) is 4.94. The molecule has 26 heavy (non-hydrogen) atoms. The van der Waals surface area contributed by atoms with Crippen molar-refractivity contribution in [1.29, 1.82) is 0 Å². The van der Waals surface area contributed by atoms with E-state index in [4.69, 9.17) is 42.1 Å². The van der Waals surface area contributed by atoms with Crippen LogP contribution >= 0.6 is 23.2 Å². The molecule has 0 saturated carbocycles. The normalized spacial score (nSPS) is 36.0. The standard InChI is InChI=1S/C17H30Cl2N2O5/c1-11-7-23-8-12(2)20(11)16(5,18)25-15(22)26-17(6,19)21-13(3)9-24-10-14(21)4/h11-14H,7-10H2,1-6H3/t11-,12+,13-,14+,16?,17?. The van der Waals surface area contributed by atoms with Crippen molar-refractivity contribution >= 4 is 29.4 Å². The smallest absolute Gasteiger partial charge is 0.398 e. The van der Waals surface area contributed by atoms with Gasteiger partial charge in [-0.3, -0.25) is 0 Å². The first-order chi connectivity index (χ1) is 12.0. The maximum absolute atomic E-state index is 12.5. The van der Waals surface area contributed by atoms with E-state index < -0.39 is 16.5 Å². The number of hydrogen-bond donors (Lipinski definition) is 0. The molecule has 0 N–H and O–H groups in total. The molecular weight excluding hydrogens is 383 g/mol. The van der Waals surface area contributed by atoms with E-state index >= 15 is 0 Å². The van der Waals surface area contributed by atoms with E-state index in [-0.39, 0.29) is 24.2 Å². The Bertz CT molecular complexity index is 444. The Morgan fingerprint density at radius 3 is 1.35 bits per heavy atom. The van der Waals surface area contributed by atoms with E-state index in [0.717, 1.165) is 0 Å².